The molecule has 1 saturated carbocycles. The Hall–Kier alpha value is -1.36. The van der Waals surface area contributed by atoms with Crippen molar-refractivity contribution in [2.45, 2.75) is 45.1 Å². The summed E-state index contributed by atoms with van der Waals surface area (Å²) in [5.41, 5.74) is -0.627. The van der Waals surface area contributed by atoms with Gasteiger partial charge in [0.1, 0.15) is 0 Å². The molecule has 2 rings (SSSR count). The average Bonchev–Trinajstić information content (AvgIpc) is 2.41. The molecule has 1 fully saturated rings. The minimum Gasteiger partial charge on any atom is -0.478 e. The Morgan fingerprint density at radius 2 is 2.21 bits per heavy atom. The molecule has 0 amide bonds. The molecule has 0 spiro atoms. The van der Waals surface area contributed by atoms with Crippen molar-refractivity contribution in [3.63, 3.8) is 0 Å². The highest BCUT2D eigenvalue weighted by Gasteiger charge is 2.31. The van der Waals surface area contributed by atoms with Gasteiger partial charge in [0, 0.05) is 18.8 Å². The van der Waals surface area contributed by atoms with Gasteiger partial charge >= 0.3 is 0 Å². The van der Waals surface area contributed by atoms with Gasteiger partial charge in [0.15, 0.2) is 0 Å². The summed E-state index contributed by atoms with van der Waals surface area (Å²) in [6.07, 6.45) is 5.50. The molecule has 19 heavy (non-hydrogen) atoms. The van der Waals surface area contributed by atoms with Crippen LogP contribution < -0.4 is 10.1 Å². The summed E-state index contributed by atoms with van der Waals surface area (Å²) < 4.78 is 5.32. The number of anilines is 1. The van der Waals surface area contributed by atoms with Crippen molar-refractivity contribution in [3.05, 3.63) is 12.3 Å². The van der Waals surface area contributed by atoms with Crippen molar-refractivity contribution in [3.8, 4) is 5.88 Å². The summed E-state index contributed by atoms with van der Waals surface area (Å²) in [6, 6.07) is 1.73. The highest BCUT2D eigenvalue weighted by Crippen LogP contribution is 2.31. The molecule has 0 aliphatic heterocycles. The predicted molar refractivity (Wildman–Crippen MR) is 74.3 cm³/mol. The topological polar surface area (TPSA) is 67.3 Å². The Kier molecular flexibility index (Phi) is 4.58. The number of hydrogen-bond donors (Lipinski definition) is 2. The van der Waals surface area contributed by atoms with Crippen LogP contribution in [0.3, 0.4) is 0 Å². The van der Waals surface area contributed by atoms with Gasteiger partial charge in [0.25, 0.3) is 0 Å². The summed E-state index contributed by atoms with van der Waals surface area (Å²) >= 11 is 0. The van der Waals surface area contributed by atoms with E-state index in [0.717, 1.165) is 31.6 Å². The molecule has 5 nitrogen and oxygen atoms in total. The summed E-state index contributed by atoms with van der Waals surface area (Å²) in [5.74, 6) is 1.79. The number of aromatic nitrogens is 2. The summed E-state index contributed by atoms with van der Waals surface area (Å²) in [7, 11) is 0. The Bertz CT molecular complexity index is 403. The van der Waals surface area contributed by atoms with Crippen molar-refractivity contribution in [1.29, 1.82) is 0 Å². The van der Waals surface area contributed by atoms with E-state index in [1.807, 2.05) is 6.92 Å². The first-order valence-electron chi connectivity index (χ1n) is 7.03. The van der Waals surface area contributed by atoms with E-state index in [4.69, 9.17) is 4.74 Å². The number of nitrogens with one attached hydrogen (secondary N) is 1. The number of nitrogens with zero attached hydrogens (tertiary/aromatic N) is 2. The molecule has 0 saturated heterocycles. The fourth-order valence-corrected chi connectivity index (χ4v) is 2.38. The van der Waals surface area contributed by atoms with E-state index >= 15 is 0 Å². The van der Waals surface area contributed by atoms with Crippen molar-refractivity contribution < 1.29 is 9.84 Å². The predicted octanol–water partition coefficient (Wildman–Crippen LogP) is 2.23. The summed E-state index contributed by atoms with van der Waals surface area (Å²) in [4.78, 5) is 8.38. The first-order valence-corrected chi connectivity index (χ1v) is 7.03. The second-order valence-corrected chi connectivity index (χ2v) is 5.41. The van der Waals surface area contributed by atoms with E-state index in [0.29, 0.717) is 25.0 Å². The van der Waals surface area contributed by atoms with E-state index in [9.17, 15) is 5.11 Å². The largest absolute Gasteiger partial charge is 0.478 e. The highest BCUT2D eigenvalue weighted by atomic mass is 16.5. The number of hydrogen-bond acceptors (Lipinski definition) is 5. The van der Waals surface area contributed by atoms with Crippen LogP contribution in [0.4, 0.5) is 5.95 Å². The average molecular weight is 265 g/mol. The molecule has 0 atom stereocenters. The zero-order valence-electron chi connectivity index (χ0n) is 11.7. The van der Waals surface area contributed by atoms with Crippen LogP contribution in [0, 0.1) is 5.92 Å². The van der Waals surface area contributed by atoms with Gasteiger partial charge in [-0.1, -0.05) is 6.92 Å². The maximum Gasteiger partial charge on any atom is 0.226 e. The number of aliphatic hydroxyl groups is 1. The zero-order chi connectivity index (χ0) is 13.7. The lowest BCUT2D eigenvalue weighted by Crippen LogP contribution is -2.40. The van der Waals surface area contributed by atoms with Crippen LogP contribution in [0.2, 0.25) is 0 Å². The molecular weight excluding hydrogens is 242 g/mol. The van der Waals surface area contributed by atoms with Gasteiger partial charge in [-0.15, -0.1) is 0 Å². The van der Waals surface area contributed by atoms with Crippen molar-refractivity contribution in [1.82, 2.24) is 9.97 Å². The minimum atomic E-state index is -0.627. The molecule has 0 radical (unpaired) electrons. The zero-order valence-corrected chi connectivity index (χ0v) is 11.7. The van der Waals surface area contributed by atoms with Crippen molar-refractivity contribution >= 4 is 5.95 Å². The maximum atomic E-state index is 10.5. The van der Waals surface area contributed by atoms with Gasteiger partial charge in [0.2, 0.25) is 11.8 Å². The molecule has 0 bridgehead atoms. The first kappa shape index (κ1) is 14.1. The van der Waals surface area contributed by atoms with Gasteiger partial charge in [-0.2, -0.15) is 4.98 Å². The van der Waals surface area contributed by atoms with Gasteiger partial charge in [-0.05, 0) is 38.5 Å². The van der Waals surface area contributed by atoms with Crippen molar-refractivity contribution in [2.24, 2.45) is 5.92 Å². The van der Waals surface area contributed by atoms with E-state index in [2.05, 4.69) is 22.2 Å². The van der Waals surface area contributed by atoms with E-state index in [1.54, 1.807) is 12.3 Å². The van der Waals surface area contributed by atoms with Gasteiger partial charge in [0.05, 0.1) is 12.2 Å². The van der Waals surface area contributed by atoms with Crippen molar-refractivity contribution in [2.75, 3.05) is 18.5 Å². The molecule has 0 unspecified atom stereocenters. The standard InChI is InChI=1S/C14H23N3O2/c1-3-19-12-6-9-15-13(17-12)16-10-14(18)7-4-11(2)5-8-14/h6,9,11,18H,3-5,7-8,10H2,1-2H3,(H,15,16,17). The number of ether oxygens (including phenoxy) is 1. The normalized spacial score (nSPS) is 27.0. The quantitative estimate of drug-likeness (QED) is 0.854. The third-order valence-electron chi connectivity index (χ3n) is 3.70. The number of rotatable bonds is 5. The maximum absolute atomic E-state index is 10.5. The fraction of sp³-hybridized carbons (Fsp3) is 0.714. The molecule has 5 heteroatoms. The van der Waals surface area contributed by atoms with Gasteiger partial charge < -0.3 is 15.2 Å². The van der Waals surface area contributed by atoms with Crippen LogP contribution >= 0.6 is 0 Å². The Morgan fingerprint density at radius 1 is 1.47 bits per heavy atom. The lowest BCUT2D eigenvalue weighted by molar-refractivity contribution is 0.00486. The van der Waals surface area contributed by atoms with Gasteiger partial charge in [-0.3, -0.25) is 0 Å². The highest BCUT2D eigenvalue weighted by molar-refractivity contribution is 5.28. The minimum absolute atomic E-state index is 0.495. The molecule has 0 aromatic carbocycles. The second-order valence-electron chi connectivity index (χ2n) is 5.41. The van der Waals surface area contributed by atoms with Crippen LogP contribution in [-0.2, 0) is 0 Å². The first-order chi connectivity index (χ1) is 9.11. The van der Waals surface area contributed by atoms with E-state index < -0.39 is 5.60 Å². The molecule has 1 aromatic heterocycles. The van der Waals surface area contributed by atoms with E-state index in [1.165, 1.54) is 0 Å². The van der Waals surface area contributed by atoms with Crippen LogP contribution in [0.15, 0.2) is 12.3 Å². The lowest BCUT2D eigenvalue weighted by atomic mass is 9.79. The Morgan fingerprint density at radius 3 is 2.89 bits per heavy atom. The molecule has 1 heterocycles. The van der Waals surface area contributed by atoms with Crippen LogP contribution in [-0.4, -0.2) is 33.8 Å². The molecule has 1 aliphatic rings. The molecule has 1 aromatic rings. The van der Waals surface area contributed by atoms with Crippen LogP contribution in [0.25, 0.3) is 0 Å². The molecule has 1 aliphatic carbocycles. The Labute approximate surface area is 114 Å². The third kappa shape index (κ3) is 4.06. The molecular formula is C14H23N3O2. The van der Waals surface area contributed by atoms with Crippen LogP contribution in [0.5, 0.6) is 5.88 Å². The van der Waals surface area contributed by atoms with E-state index in [-0.39, 0.29) is 0 Å². The SMILES string of the molecule is CCOc1ccnc(NCC2(O)CCC(C)CC2)n1. The third-order valence-corrected chi connectivity index (χ3v) is 3.70. The molecule has 2 N–H and O–H groups in total. The molecule has 106 valence electrons. The van der Waals surface area contributed by atoms with Gasteiger partial charge in [-0.25, -0.2) is 4.98 Å². The summed E-state index contributed by atoms with van der Waals surface area (Å²) in [6.45, 7) is 5.23. The monoisotopic (exact) mass is 265 g/mol. The summed E-state index contributed by atoms with van der Waals surface area (Å²) in [5, 5.41) is 13.6. The second kappa shape index (κ2) is 6.19. The fourth-order valence-electron chi connectivity index (χ4n) is 2.38. The lowest BCUT2D eigenvalue weighted by Gasteiger charge is -2.34. The smallest absolute Gasteiger partial charge is 0.226 e. The van der Waals surface area contributed by atoms with Crippen LogP contribution in [0.1, 0.15) is 39.5 Å². The Balaban J connectivity index is 1.89.